The fourth-order valence-electron chi connectivity index (χ4n) is 2.39. The van der Waals surface area contributed by atoms with Gasteiger partial charge in [-0.25, -0.2) is 4.98 Å². The lowest BCUT2D eigenvalue weighted by molar-refractivity contribution is -0.121. The monoisotopic (exact) mass is 272 g/mol. The second-order valence-electron chi connectivity index (χ2n) is 4.76. The van der Waals surface area contributed by atoms with Crippen molar-refractivity contribution in [3.63, 3.8) is 0 Å². The Morgan fingerprint density at radius 1 is 1.45 bits per heavy atom. The first-order chi connectivity index (χ1) is 9.83. The Bertz CT molecular complexity index is 583. The van der Waals surface area contributed by atoms with Crippen molar-refractivity contribution in [1.29, 1.82) is 0 Å². The Hall–Kier alpha value is -2.37. The summed E-state index contributed by atoms with van der Waals surface area (Å²) < 4.78 is 5.69. The molecule has 0 bridgehead atoms. The van der Waals surface area contributed by atoms with Gasteiger partial charge in [0.25, 0.3) is 0 Å². The number of rotatable bonds is 3. The molecule has 2 aromatic rings. The number of ether oxygens (including phenoxy) is 1. The van der Waals surface area contributed by atoms with E-state index in [-0.39, 0.29) is 18.4 Å². The molecule has 0 saturated heterocycles. The zero-order chi connectivity index (χ0) is 13.8. The van der Waals surface area contributed by atoms with Gasteiger partial charge >= 0.3 is 0 Å². The topological polar surface area (TPSA) is 79.9 Å². The van der Waals surface area contributed by atoms with Crippen LogP contribution in [0.15, 0.2) is 30.6 Å². The van der Waals surface area contributed by atoms with Gasteiger partial charge in [0.2, 0.25) is 5.91 Å². The van der Waals surface area contributed by atoms with Crippen LogP contribution in [-0.4, -0.2) is 27.7 Å². The minimum Gasteiger partial charge on any atom is -0.493 e. The first-order valence-electron chi connectivity index (χ1n) is 6.68. The summed E-state index contributed by atoms with van der Waals surface area (Å²) in [6, 6.07) is 7.83. The summed E-state index contributed by atoms with van der Waals surface area (Å²) in [4.78, 5) is 16.0. The van der Waals surface area contributed by atoms with E-state index < -0.39 is 0 Å². The van der Waals surface area contributed by atoms with Crippen LogP contribution in [0.3, 0.4) is 0 Å². The number of fused-ring (bicyclic) bond motifs is 1. The standard InChI is InChI=1S/C14H16N4O2/c19-14(8-13-15-9-16-18-13)17-11-5-3-7-20-12-6-2-1-4-10(11)12/h1-2,4,6,9,11H,3,5,7-8H2,(H,17,19)(H,15,16,18). The number of amides is 1. The van der Waals surface area contributed by atoms with E-state index in [1.54, 1.807) is 0 Å². The molecule has 1 aromatic carbocycles. The molecule has 6 heteroatoms. The summed E-state index contributed by atoms with van der Waals surface area (Å²) in [7, 11) is 0. The lowest BCUT2D eigenvalue weighted by Gasteiger charge is -2.18. The van der Waals surface area contributed by atoms with E-state index >= 15 is 0 Å². The van der Waals surface area contributed by atoms with E-state index in [0.717, 1.165) is 24.2 Å². The highest BCUT2D eigenvalue weighted by Gasteiger charge is 2.21. The van der Waals surface area contributed by atoms with Crippen LogP contribution < -0.4 is 10.1 Å². The SMILES string of the molecule is O=C(Cc1ncn[nH]1)NC1CCCOc2ccccc21. The van der Waals surface area contributed by atoms with Crippen molar-refractivity contribution in [2.45, 2.75) is 25.3 Å². The zero-order valence-electron chi connectivity index (χ0n) is 11.0. The number of aromatic nitrogens is 3. The molecule has 6 nitrogen and oxygen atoms in total. The molecule has 104 valence electrons. The third-order valence-electron chi connectivity index (χ3n) is 3.32. The number of nitrogens with one attached hydrogen (secondary N) is 2. The van der Waals surface area contributed by atoms with Crippen molar-refractivity contribution in [3.8, 4) is 5.75 Å². The third kappa shape index (κ3) is 2.79. The van der Waals surface area contributed by atoms with Crippen molar-refractivity contribution < 1.29 is 9.53 Å². The molecule has 3 rings (SSSR count). The van der Waals surface area contributed by atoms with E-state index in [1.807, 2.05) is 24.3 Å². The molecule has 0 radical (unpaired) electrons. The summed E-state index contributed by atoms with van der Waals surface area (Å²) in [6.45, 7) is 0.686. The Labute approximate surface area is 116 Å². The first kappa shape index (κ1) is 12.7. The van der Waals surface area contributed by atoms with Crippen LogP contribution in [0.25, 0.3) is 0 Å². The van der Waals surface area contributed by atoms with E-state index in [9.17, 15) is 4.79 Å². The maximum atomic E-state index is 12.1. The van der Waals surface area contributed by atoms with Gasteiger partial charge in [0.15, 0.2) is 0 Å². The summed E-state index contributed by atoms with van der Waals surface area (Å²) in [5.41, 5.74) is 1.04. The number of benzene rings is 1. The smallest absolute Gasteiger partial charge is 0.228 e. The minimum atomic E-state index is -0.0662. The van der Waals surface area contributed by atoms with Crippen molar-refractivity contribution in [2.24, 2.45) is 0 Å². The van der Waals surface area contributed by atoms with E-state index in [1.165, 1.54) is 6.33 Å². The maximum Gasteiger partial charge on any atom is 0.228 e. The number of hydrogen-bond acceptors (Lipinski definition) is 4. The average Bonchev–Trinajstić information content (AvgIpc) is 2.87. The number of para-hydroxylation sites is 1. The molecule has 1 atom stereocenters. The molecule has 2 heterocycles. The van der Waals surface area contributed by atoms with Crippen molar-refractivity contribution in [3.05, 3.63) is 42.0 Å². The van der Waals surface area contributed by atoms with Crippen LogP contribution in [0.1, 0.15) is 30.3 Å². The van der Waals surface area contributed by atoms with Gasteiger partial charge in [-0.15, -0.1) is 0 Å². The number of carbonyl (C=O) groups excluding carboxylic acids is 1. The minimum absolute atomic E-state index is 0.0101. The van der Waals surface area contributed by atoms with E-state index in [4.69, 9.17) is 4.74 Å². The summed E-state index contributed by atoms with van der Waals surface area (Å²) >= 11 is 0. The number of hydrogen-bond donors (Lipinski definition) is 2. The Morgan fingerprint density at radius 3 is 3.20 bits per heavy atom. The lowest BCUT2D eigenvalue weighted by atomic mass is 10.0. The van der Waals surface area contributed by atoms with Gasteiger partial charge in [0.1, 0.15) is 17.9 Å². The highest BCUT2D eigenvalue weighted by molar-refractivity contribution is 5.78. The molecular weight excluding hydrogens is 256 g/mol. The Morgan fingerprint density at radius 2 is 2.35 bits per heavy atom. The van der Waals surface area contributed by atoms with Crippen molar-refractivity contribution >= 4 is 5.91 Å². The summed E-state index contributed by atoms with van der Waals surface area (Å²) in [6.07, 6.45) is 3.40. The normalized spacial score (nSPS) is 17.7. The molecule has 0 aliphatic carbocycles. The lowest BCUT2D eigenvalue weighted by Crippen LogP contribution is -2.30. The molecule has 1 unspecified atom stereocenters. The molecule has 1 amide bonds. The molecule has 0 spiro atoms. The van der Waals surface area contributed by atoms with Gasteiger partial charge in [-0.2, -0.15) is 5.10 Å². The second kappa shape index (κ2) is 5.73. The van der Waals surface area contributed by atoms with Gasteiger partial charge < -0.3 is 10.1 Å². The average molecular weight is 272 g/mol. The van der Waals surface area contributed by atoms with Crippen LogP contribution in [0.2, 0.25) is 0 Å². The molecule has 0 saturated carbocycles. The number of carbonyl (C=O) groups is 1. The molecule has 2 N–H and O–H groups in total. The Balaban J connectivity index is 1.72. The maximum absolute atomic E-state index is 12.1. The van der Waals surface area contributed by atoms with Gasteiger partial charge in [-0.1, -0.05) is 18.2 Å². The predicted molar refractivity (Wildman–Crippen MR) is 72.1 cm³/mol. The van der Waals surface area contributed by atoms with Crippen LogP contribution in [0.5, 0.6) is 5.75 Å². The molecule has 20 heavy (non-hydrogen) atoms. The van der Waals surface area contributed by atoms with Crippen LogP contribution in [0.4, 0.5) is 0 Å². The summed E-state index contributed by atoms with van der Waals surface area (Å²) in [5, 5.41) is 9.47. The molecule has 0 fully saturated rings. The third-order valence-corrected chi connectivity index (χ3v) is 3.32. The van der Waals surface area contributed by atoms with Crippen molar-refractivity contribution in [2.75, 3.05) is 6.61 Å². The zero-order valence-corrected chi connectivity index (χ0v) is 11.0. The van der Waals surface area contributed by atoms with Gasteiger partial charge in [-0.05, 0) is 18.9 Å². The van der Waals surface area contributed by atoms with Gasteiger partial charge in [0.05, 0.1) is 19.1 Å². The molecule has 1 aromatic heterocycles. The van der Waals surface area contributed by atoms with Crippen LogP contribution in [0, 0.1) is 0 Å². The predicted octanol–water partition coefficient (Wildman–Crippen LogP) is 1.38. The highest BCUT2D eigenvalue weighted by Crippen LogP contribution is 2.31. The fourth-order valence-corrected chi connectivity index (χ4v) is 2.39. The molecule has 1 aliphatic heterocycles. The van der Waals surface area contributed by atoms with Crippen molar-refractivity contribution in [1.82, 2.24) is 20.5 Å². The number of nitrogens with zero attached hydrogens (tertiary/aromatic N) is 2. The van der Waals surface area contributed by atoms with Crippen LogP contribution >= 0.6 is 0 Å². The number of aromatic amines is 1. The Kier molecular flexibility index (Phi) is 3.62. The van der Waals surface area contributed by atoms with E-state index in [0.29, 0.717) is 12.4 Å². The first-order valence-corrected chi connectivity index (χ1v) is 6.68. The quantitative estimate of drug-likeness (QED) is 0.884. The largest absolute Gasteiger partial charge is 0.493 e. The fraction of sp³-hybridized carbons (Fsp3) is 0.357. The second-order valence-corrected chi connectivity index (χ2v) is 4.76. The number of H-pyrrole nitrogens is 1. The van der Waals surface area contributed by atoms with Crippen LogP contribution in [-0.2, 0) is 11.2 Å². The summed E-state index contributed by atoms with van der Waals surface area (Å²) in [5.74, 6) is 1.36. The van der Waals surface area contributed by atoms with Gasteiger partial charge in [-0.3, -0.25) is 9.89 Å². The molecular formula is C14H16N4O2. The van der Waals surface area contributed by atoms with E-state index in [2.05, 4.69) is 20.5 Å². The van der Waals surface area contributed by atoms with Gasteiger partial charge in [0, 0.05) is 5.56 Å². The molecule has 1 aliphatic rings. The highest BCUT2D eigenvalue weighted by atomic mass is 16.5.